The minimum atomic E-state index is 0.539. The topological polar surface area (TPSA) is 15.3 Å². The Kier molecular flexibility index (Phi) is 4.66. The molecule has 1 aliphatic carbocycles. The van der Waals surface area contributed by atoms with E-state index in [1.54, 1.807) is 0 Å². The van der Waals surface area contributed by atoms with Crippen LogP contribution in [0.5, 0.6) is 0 Å². The van der Waals surface area contributed by atoms with Gasteiger partial charge in [0.25, 0.3) is 0 Å². The van der Waals surface area contributed by atoms with Crippen molar-refractivity contribution in [1.82, 2.24) is 10.2 Å². The van der Waals surface area contributed by atoms with Crippen molar-refractivity contribution in [2.75, 3.05) is 13.1 Å². The summed E-state index contributed by atoms with van der Waals surface area (Å²) in [7, 11) is 0. The van der Waals surface area contributed by atoms with Gasteiger partial charge >= 0.3 is 0 Å². The molecule has 2 nitrogen and oxygen atoms in total. The molecule has 0 amide bonds. The van der Waals surface area contributed by atoms with Crippen LogP contribution in [0.2, 0.25) is 0 Å². The van der Waals surface area contributed by atoms with Crippen LogP contribution >= 0.6 is 0 Å². The molecule has 0 aromatic heterocycles. The largest absolute Gasteiger partial charge is 0.311 e. The maximum atomic E-state index is 3.79. The summed E-state index contributed by atoms with van der Waals surface area (Å²) in [4.78, 5) is 2.79. The Balaban J connectivity index is 1.80. The molecule has 0 spiro atoms. The molecule has 2 fully saturated rings. The summed E-state index contributed by atoms with van der Waals surface area (Å²) in [6.45, 7) is 9.42. The van der Waals surface area contributed by atoms with Crippen LogP contribution < -0.4 is 5.32 Å². The predicted molar refractivity (Wildman–Crippen MR) is 89.3 cm³/mol. The van der Waals surface area contributed by atoms with E-state index >= 15 is 0 Å². The van der Waals surface area contributed by atoms with Gasteiger partial charge < -0.3 is 5.32 Å². The second-order valence-corrected chi connectivity index (χ2v) is 7.31. The van der Waals surface area contributed by atoms with Crippen molar-refractivity contribution in [2.24, 2.45) is 11.8 Å². The molecule has 1 saturated heterocycles. The second-order valence-electron chi connectivity index (χ2n) is 7.31. The minimum absolute atomic E-state index is 0.539. The third kappa shape index (κ3) is 3.17. The Morgan fingerprint density at radius 2 is 1.81 bits per heavy atom. The van der Waals surface area contributed by atoms with E-state index < -0.39 is 0 Å². The van der Waals surface area contributed by atoms with Gasteiger partial charge in [-0.2, -0.15) is 0 Å². The van der Waals surface area contributed by atoms with Gasteiger partial charge in [-0.1, -0.05) is 50.6 Å². The zero-order valence-corrected chi connectivity index (χ0v) is 13.8. The molecule has 3 unspecified atom stereocenters. The van der Waals surface area contributed by atoms with E-state index in [0.717, 1.165) is 12.5 Å². The normalized spacial score (nSPS) is 29.3. The summed E-state index contributed by atoms with van der Waals surface area (Å²) >= 11 is 0. The van der Waals surface area contributed by atoms with Crippen LogP contribution in [-0.4, -0.2) is 30.1 Å². The Hall–Kier alpha value is -0.860. The molecule has 1 N–H and O–H groups in total. The number of hydrogen-bond donors (Lipinski definition) is 1. The van der Waals surface area contributed by atoms with E-state index in [4.69, 9.17) is 0 Å². The van der Waals surface area contributed by atoms with Crippen LogP contribution in [0.25, 0.3) is 0 Å². The Morgan fingerprint density at radius 3 is 2.38 bits per heavy atom. The molecule has 2 heteroatoms. The highest BCUT2D eigenvalue weighted by Gasteiger charge is 2.37. The summed E-state index contributed by atoms with van der Waals surface area (Å²) in [6, 6.07) is 12.9. The second kappa shape index (κ2) is 6.50. The first-order chi connectivity index (χ1) is 10.2. The molecule has 2 aliphatic rings. The first kappa shape index (κ1) is 15.1. The highest BCUT2D eigenvalue weighted by Crippen LogP contribution is 2.37. The zero-order valence-electron chi connectivity index (χ0n) is 13.8. The number of nitrogens with zero attached hydrogens (tertiary/aromatic N) is 1. The van der Waals surface area contributed by atoms with Gasteiger partial charge in [-0.15, -0.1) is 0 Å². The van der Waals surface area contributed by atoms with Crippen LogP contribution in [0.1, 0.15) is 51.6 Å². The van der Waals surface area contributed by atoms with E-state index in [-0.39, 0.29) is 0 Å². The molecule has 0 radical (unpaired) electrons. The van der Waals surface area contributed by atoms with Gasteiger partial charge in [0.1, 0.15) is 0 Å². The maximum absolute atomic E-state index is 3.79. The lowest BCUT2D eigenvalue weighted by molar-refractivity contribution is 0.0280. The standard InChI is InChI=1S/C19H30N2/c1-14(2)18-13-21(15(3)16-10-7-11-16)19(12-20-18)17-8-5-4-6-9-17/h4-6,8-9,14-16,18-20H,7,10-13H2,1-3H3. The Morgan fingerprint density at radius 1 is 1.10 bits per heavy atom. The molecule has 21 heavy (non-hydrogen) atoms. The number of rotatable bonds is 4. The van der Waals surface area contributed by atoms with Gasteiger partial charge in [-0.05, 0) is 37.2 Å². The highest BCUT2D eigenvalue weighted by molar-refractivity contribution is 5.21. The van der Waals surface area contributed by atoms with Crippen LogP contribution in [-0.2, 0) is 0 Å². The van der Waals surface area contributed by atoms with E-state index in [9.17, 15) is 0 Å². The maximum Gasteiger partial charge on any atom is 0.0476 e. The van der Waals surface area contributed by atoms with Crippen molar-refractivity contribution in [3.05, 3.63) is 35.9 Å². The molecule has 1 heterocycles. The zero-order chi connectivity index (χ0) is 14.8. The average molecular weight is 286 g/mol. The fourth-order valence-electron chi connectivity index (χ4n) is 3.87. The van der Waals surface area contributed by atoms with E-state index in [0.29, 0.717) is 24.0 Å². The van der Waals surface area contributed by atoms with Crippen LogP contribution in [0.4, 0.5) is 0 Å². The average Bonchev–Trinajstić information content (AvgIpc) is 2.45. The lowest BCUT2D eigenvalue weighted by Crippen LogP contribution is -2.58. The van der Waals surface area contributed by atoms with Crippen molar-refractivity contribution in [1.29, 1.82) is 0 Å². The summed E-state index contributed by atoms with van der Waals surface area (Å²) in [5.41, 5.74) is 1.47. The molecule has 116 valence electrons. The number of nitrogens with one attached hydrogen (secondary N) is 1. The number of benzene rings is 1. The molecule has 1 aromatic rings. The molecular weight excluding hydrogens is 256 g/mol. The van der Waals surface area contributed by atoms with E-state index in [1.807, 2.05) is 0 Å². The van der Waals surface area contributed by atoms with E-state index in [2.05, 4.69) is 61.3 Å². The Bertz CT molecular complexity index is 438. The third-order valence-electron chi connectivity index (χ3n) is 5.73. The number of piperazine rings is 1. The van der Waals surface area contributed by atoms with Gasteiger partial charge in [-0.25, -0.2) is 0 Å². The third-order valence-corrected chi connectivity index (χ3v) is 5.73. The van der Waals surface area contributed by atoms with E-state index in [1.165, 1.54) is 31.4 Å². The summed E-state index contributed by atoms with van der Waals surface area (Å²) in [6.07, 6.45) is 4.29. The predicted octanol–water partition coefficient (Wildman–Crippen LogP) is 3.85. The molecule has 1 aliphatic heterocycles. The fraction of sp³-hybridized carbons (Fsp3) is 0.684. The van der Waals surface area contributed by atoms with Crippen molar-refractivity contribution in [2.45, 2.75) is 58.2 Å². The highest BCUT2D eigenvalue weighted by atomic mass is 15.3. The van der Waals surface area contributed by atoms with Gasteiger partial charge in [0, 0.05) is 31.2 Å². The van der Waals surface area contributed by atoms with Gasteiger partial charge in [0.2, 0.25) is 0 Å². The summed E-state index contributed by atoms with van der Waals surface area (Å²) < 4.78 is 0. The fourth-order valence-corrected chi connectivity index (χ4v) is 3.87. The lowest BCUT2D eigenvalue weighted by Gasteiger charge is -2.48. The quantitative estimate of drug-likeness (QED) is 0.904. The van der Waals surface area contributed by atoms with Gasteiger partial charge in [0.05, 0.1) is 0 Å². The summed E-state index contributed by atoms with van der Waals surface area (Å²) in [5.74, 6) is 1.62. The van der Waals surface area contributed by atoms with Crippen molar-refractivity contribution < 1.29 is 0 Å². The molecular formula is C19H30N2. The van der Waals surface area contributed by atoms with Crippen molar-refractivity contribution >= 4 is 0 Å². The van der Waals surface area contributed by atoms with Crippen LogP contribution in [0, 0.1) is 11.8 Å². The van der Waals surface area contributed by atoms with Crippen LogP contribution in [0.3, 0.4) is 0 Å². The molecule has 0 bridgehead atoms. The van der Waals surface area contributed by atoms with Crippen molar-refractivity contribution in [3.8, 4) is 0 Å². The smallest absolute Gasteiger partial charge is 0.0476 e. The minimum Gasteiger partial charge on any atom is -0.311 e. The van der Waals surface area contributed by atoms with Crippen LogP contribution in [0.15, 0.2) is 30.3 Å². The summed E-state index contributed by atoms with van der Waals surface area (Å²) in [5, 5.41) is 3.79. The SMILES string of the molecule is CC(C)C1CN(C(C)C2CCC2)C(c2ccccc2)CN1. The van der Waals surface area contributed by atoms with Gasteiger partial charge in [0.15, 0.2) is 0 Å². The first-order valence-electron chi connectivity index (χ1n) is 8.71. The first-order valence-corrected chi connectivity index (χ1v) is 8.71. The monoisotopic (exact) mass is 286 g/mol. The Labute approximate surface area is 129 Å². The molecule has 3 rings (SSSR count). The molecule has 3 atom stereocenters. The molecule has 1 saturated carbocycles. The lowest BCUT2D eigenvalue weighted by atomic mass is 9.78. The van der Waals surface area contributed by atoms with Crippen molar-refractivity contribution in [3.63, 3.8) is 0 Å². The molecule has 1 aromatic carbocycles. The van der Waals surface area contributed by atoms with Gasteiger partial charge in [-0.3, -0.25) is 4.90 Å². The number of hydrogen-bond acceptors (Lipinski definition) is 2.